The number of methoxy groups -OCH3 is 1. The molecule has 4 nitrogen and oxygen atoms in total. The molecule has 1 heterocycles. The molecule has 0 radical (unpaired) electrons. The molecule has 1 fully saturated rings. The third-order valence-corrected chi connectivity index (χ3v) is 2.67. The summed E-state index contributed by atoms with van der Waals surface area (Å²) in [6.45, 7) is 0. The molecule has 0 bridgehead atoms. The van der Waals surface area contributed by atoms with Crippen LogP contribution < -0.4 is 4.74 Å². The Labute approximate surface area is 97.3 Å². The van der Waals surface area contributed by atoms with E-state index < -0.39 is 23.7 Å². The standard InChI is InChI=1S/C12H11FO4/c1-16-10-3-2-9(13)5-7(10)4-8-6-11(14)17-12(8)15/h2-3,5,8H,4,6H2,1H3. The predicted octanol–water partition coefficient (Wildman–Crippen LogP) is 1.47. The van der Waals surface area contributed by atoms with Gasteiger partial charge in [0.05, 0.1) is 19.4 Å². The first-order chi connectivity index (χ1) is 8.10. The number of benzene rings is 1. The second kappa shape index (κ2) is 4.53. The van der Waals surface area contributed by atoms with Crippen molar-refractivity contribution in [2.75, 3.05) is 7.11 Å². The average Bonchev–Trinajstić information content (AvgIpc) is 2.58. The van der Waals surface area contributed by atoms with Crippen molar-refractivity contribution < 1.29 is 23.5 Å². The zero-order valence-corrected chi connectivity index (χ0v) is 9.23. The van der Waals surface area contributed by atoms with Gasteiger partial charge in [0, 0.05) is 0 Å². The van der Waals surface area contributed by atoms with Crippen molar-refractivity contribution in [2.24, 2.45) is 5.92 Å². The summed E-state index contributed by atoms with van der Waals surface area (Å²) in [5.41, 5.74) is 0.559. The fourth-order valence-electron chi connectivity index (χ4n) is 1.85. The van der Waals surface area contributed by atoms with Gasteiger partial charge in [-0.1, -0.05) is 0 Å². The Balaban J connectivity index is 2.20. The molecule has 1 atom stereocenters. The maximum Gasteiger partial charge on any atom is 0.317 e. The van der Waals surface area contributed by atoms with E-state index in [0.29, 0.717) is 11.3 Å². The van der Waals surface area contributed by atoms with E-state index >= 15 is 0 Å². The molecule has 1 aromatic carbocycles. The summed E-state index contributed by atoms with van der Waals surface area (Å²) in [5, 5.41) is 0. The van der Waals surface area contributed by atoms with Gasteiger partial charge in [0.2, 0.25) is 0 Å². The van der Waals surface area contributed by atoms with Crippen LogP contribution in [0.5, 0.6) is 5.75 Å². The Bertz CT molecular complexity index is 470. The maximum atomic E-state index is 13.1. The SMILES string of the molecule is COc1ccc(F)cc1CC1CC(=O)OC1=O. The monoisotopic (exact) mass is 238 g/mol. The zero-order valence-electron chi connectivity index (χ0n) is 9.23. The largest absolute Gasteiger partial charge is 0.496 e. The van der Waals surface area contributed by atoms with E-state index in [0.717, 1.165) is 0 Å². The number of cyclic esters (lactones) is 2. The minimum Gasteiger partial charge on any atom is -0.496 e. The van der Waals surface area contributed by atoms with E-state index in [4.69, 9.17) is 4.74 Å². The minimum absolute atomic E-state index is 0.0402. The van der Waals surface area contributed by atoms with Crippen LogP contribution in [0, 0.1) is 11.7 Å². The fourth-order valence-corrected chi connectivity index (χ4v) is 1.85. The van der Waals surface area contributed by atoms with Crippen molar-refractivity contribution in [1.29, 1.82) is 0 Å². The van der Waals surface area contributed by atoms with Gasteiger partial charge in [0.25, 0.3) is 0 Å². The third kappa shape index (κ3) is 2.43. The molecule has 0 saturated carbocycles. The van der Waals surface area contributed by atoms with Crippen LogP contribution in [0.4, 0.5) is 4.39 Å². The molecule has 0 amide bonds. The summed E-state index contributed by atoms with van der Waals surface area (Å²) >= 11 is 0. The van der Waals surface area contributed by atoms with E-state index in [9.17, 15) is 14.0 Å². The number of carbonyl (C=O) groups is 2. The van der Waals surface area contributed by atoms with Gasteiger partial charge >= 0.3 is 11.9 Å². The van der Waals surface area contributed by atoms with Gasteiger partial charge in [-0.3, -0.25) is 9.59 Å². The first-order valence-corrected chi connectivity index (χ1v) is 5.17. The summed E-state index contributed by atoms with van der Waals surface area (Å²) in [7, 11) is 1.47. The number of esters is 2. The molecular formula is C12H11FO4. The summed E-state index contributed by atoms with van der Waals surface area (Å²) in [6.07, 6.45) is 0.282. The highest BCUT2D eigenvalue weighted by Crippen LogP contribution is 2.27. The van der Waals surface area contributed by atoms with Gasteiger partial charge in [-0.05, 0) is 30.2 Å². The van der Waals surface area contributed by atoms with E-state index in [1.807, 2.05) is 0 Å². The number of ether oxygens (including phenoxy) is 2. The first kappa shape index (κ1) is 11.6. The van der Waals surface area contributed by atoms with E-state index in [-0.39, 0.29) is 12.8 Å². The van der Waals surface area contributed by atoms with Gasteiger partial charge in [-0.15, -0.1) is 0 Å². The molecular weight excluding hydrogens is 227 g/mol. The van der Waals surface area contributed by atoms with Crippen LogP contribution in [0.3, 0.4) is 0 Å². The quantitative estimate of drug-likeness (QED) is 0.591. The van der Waals surface area contributed by atoms with Crippen molar-refractivity contribution in [2.45, 2.75) is 12.8 Å². The molecule has 17 heavy (non-hydrogen) atoms. The molecule has 0 aliphatic carbocycles. The van der Waals surface area contributed by atoms with Crippen LogP contribution in [0.2, 0.25) is 0 Å². The number of carbonyl (C=O) groups excluding carboxylic acids is 2. The molecule has 0 aromatic heterocycles. The zero-order chi connectivity index (χ0) is 12.4. The Kier molecular flexibility index (Phi) is 3.08. The molecule has 1 aliphatic heterocycles. The van der Waals surface area contributed by atoms with Crippen LogP contribution >= 0.6 is 0 Å². The Morgan fingerprint density at radius 1 is 1.47 bits per heavy atom. The second-order valence-electron chi connectivity index (χ2n) is 3.85. The highest BCUT2D eigenvalue weighted by atomic mass is 19.1. The summed E-state index contributed by atoms with van der Waals surface area (Å²) in [6, 6.07) is 4.07. The lowest BCUT2D eigenvalue weighted by Gasteiger charge is -2.10. The predicted molar refractivity (Wildman–Crippen MR) is 55.9 cm³/mol. The molecule has 2 rings (SSSR count). The Hall–Kier alpha value is -1.91. The number of hydrogen-bond acceptors (Lipinski definition) is 4. The van der Waals surface area contributed by atoms with Crippen LogP contribution in [-0.2, 0) is 20.7 Å². The van der Waals surface area contributed by atoms with Crippen molar-refractivity contribution in [3.05, 3.63) is 29.6 Å². The maximum absolute atomic E-state index is 13.1. The van der Waals surface area contributed by atoms with Crippen molar-refractivity contribution in [1.82, 2.24) is 0 Å². The van der Waals surface area contributed by atoms with Gasteiger partial charge in [-0.25, -0.2) is 4.39 Å². The van der Waals surface area contributed by atoms with Crippen LogP contribution in [0.15, 0.2) is 18.2 Å². The summed E-state index contributed by atoms with van der Waals surface area (Å²) in [5.74, 6) is -1.54. The third-order valence-electron chi connectivity index (χ3n) is 2.67. The molecule has 90 valence electrons. The van der Waals surface area contributed by atoms with Gasteiger partial charge in [0.1, 0.15) is 11.6 Å². The number of rotatable bonds is 3. The van der Waals surface area contributed by atoms with Crippen LogP contribution in [0.1, 0.15) is 12.0 Å². The summed E-state index contributed by atoms with van der Waals surface area (Å²) < 4.78 is 22.6. The normalized spacial score (nSPS) is 19.3. The highest BCUT2D eigenvalue weighted by Gasteiger charge is 2.33. The average molecular weight is 238 g/mol. The first-order valence-electron chi connectivity index (χ1n) is 5.17. The van der Waals surface area contributed by atoms with Crippen molar-refractivity contribution in [3.63, 3.8) is 0 Å². The van der Waals surface area contributed by atoms with E-state index in [1.54, 1.807) is 0 Å². The lowest BCUT2D eigenvalue weighted by Crippen LogP contribution is -2.11. The molecule has 1 unspecified atom stereocenters. The topological polar surface area (TPSA) is 52.6 Å². The van der Waals surface area contributed by atoms with E-state index in [2.05, 4.69) is 4.74 Å². The molecule has 1 aromatic rings. The molecule has 5 heteroatoms. The van der Waals surface area contributed by atoms with Crippen molar-refractivity contribution >= 4 is 11.9 Å². The van der Waals surface area contributed by atoms with Crippen LogP contribution in [-0.4, -0.2) is 19.0 Å². The number of hydrogen-bond donors (Lipinski definition) is 0. The lowest BCUT2D eigenvalue weighted by molar-refractivity contribution is -0.153. The second-order valence-corrected chi connectivity index (χ2v) is 3.85. The Morgan fingerprint density at radius 3 is 2.82 bits per heavy atom. The van der Waals surface area contributed by atoms with Gasteiger partial charge in [0.15, 0.2) is 0 Å². The van der Waals surface area contributed by atoms with Crippen molar-refractivity contribution in [3.8, 4) is 5.75 Å². The number of halogens is 1. The smallest absolute Gasteiger partial charge is 0.317 e. The fraction of sp³-hybridized carbons (Fsp3) is 0.333. The lowest BCUT2D eigenvalue weighted by atomic mass is 9.97. The molecule has 1 saturated heterocycles. The molecule has 0 spiro atoms. The molecule has 1 aliphatic rings. The summed E-state index contributed by atoms with van der Waals surface area (Å²) in [4.78, 5) is 22.2. The highest BCUT2D eigenvalue weighted by molar-refractivity contribution is 5.94. The van der Waals surface area contributed by atoms with Gasteiger partial charge < -0.3 is 9.47 Å². The van der Waals surface area contributed by atoms with Gasteiger partial charge in [-0.2, -0.15) is 0 Å². The van der Waals surface area contributed by atoms with E-state index in [1.165, 1.54) is 25.3 Å². The minimum atomic E-state index is -0.554. The Morgan fingerprint density at radius 2 is 2.24 bits per heavy atom. The molecule has 0 N–H and O–H groups in total. The van der Waals surface area contributed by atoms with Crippen LogP contribution in [0.25, 0.3) is 0 Å².